The minimum Gasteiger partial charge on any atom is -0.272 e. The maximum absolute atomic E-state index is 12.4. The van der Waals surface area contributed by atoms with Crippen molar-refractivity contribution < 1.29 is 13.2 Å². The van der Waals surface area contributed by atoms with Crippen LogP contribution in [0.5, 0.6) is 0 Å². The van der Waals surface area contributed by atoms with E-state index in [9.17, 15) is 13.2 Å². The van der Waals surface area contributed by atoms with Crippen molar-refractivity contribution in [2.45, 2.75) is 65.7 Å². The van der Waals surface area contributed by atoms with Crippen molar-refractivity contribution in [3.8, 4) is 0 Å². The number of amides is 1. The zero-order valence-corrected chi connectivity index (χ0v) is 15.1. The summed E-state index contributed by atoms with van der Waals surface area (Å²) < 4.78 is 28.3. The van der Waals surface area contributed by atoms with Crippen molar-refractivity contribution in [2.75, 3.05) is 0 Å². The smallest absolute Gasteiger partial charge is 0.268 e. The third-order valence-electron chi connectivity index (χ3n) is 3.47. The van der Waals surface area contributed by atoms with E-state index in [1.807, 2.05) is 34.6 Å². The molecule has 1 amide bonds. The molecule has 1 aromatic rings. The van der Waals surface area contributed by atoms with E-state index < -0.39 is 21.2 Å². The Labute approximate surface area is 133 Å². The number of hydrogen-bond acceptors (Lipinski definition) is 4. The standard InChI is InChI=1S/C15H27N3O3S/c1-7-18-9-13(14(16-18)11(4)5)15(19)17-22(20,21)12(6)8-10(2)3/h9-12H,7-8H2,1-6H3,(H,17,19). The lowest BCUT2D eigenvalue weighted by Crippen LogP contribution is -2.38. The topological polar surface area (TPSA) is 81.1 Å². The molecule has 1 aromatic heterocycles. The number of sulfonamides is 1. The molecular formula is C15H27N3O3S. The molecule has 0 radical (unpaired) electrons. The Bertz CT molecular complexity index is 618. The Morgan fingerprint density at radius 1 is 1.27 bits per heavy atom. The van der Waals surface area contributed by atoms with Gasteiger partial charge in [-0.2, -0.15) is 5.10 Å². The van der Waals surface area contributed by atoms with E-state index in [1.54, 1.807) is 17.8 Å². The Kier molecular flexibility index (Phi) is 6.17. The van der Waals surface area contributed by atoms with E-state index >= 15 is 0 Å². The van der Waals surface area contributed by atoms with Crippen molar-refractivity contribution in [3.63, 3.8) is 0 Å². The van der Waals surface area contributed by atoms with Crippen LogP contribution in [0.15, 0.2) is 6.20 Å². The van der Waals surface area contributed by atoms with Crippen LogP contribution < -0.4 is 4.72 Å². The largest absolute Gasteiger partial charge is 0.272 e. The second kappa shape index (κ2) is 7.26. The molecule has 1 unspecified atom stereocenters. The molecule has 1 N–H and O–H groups in total. The van der Waals surface area contributed by atoms with Gasteiger partial charge in [-0.25, -0.2) is 13.1 Å². The highest BCUT2D eigenvalue weighted by atomic mass is 32.2. The number of aryl methyl sites for hydroxylation is 1. The van der Waals surface area contributed by atoms with E-state index in [0.29, 0.717) is 24.2 Å². The molecular weight excluding hydrogens is 302 g/mol. The first-order chi connectivity index (χ1) is 10.1. The highest BCUT2D eigenvalue weighted by molar-refractivity contribution is 7.90. The molecule has 0 aromatic carbocycles. The number of carbonyl (C=O) groups excluding carboxylic acids is 1. The van der Waals surface area contributed by atoms with Gasteiger partial charge in [-0.1, -0.05) is 27.7 Å². The summed E-state index contributed by atoms with van der Waals surface area (Å²) in [7, 11) is -3.68. The first-order valence-electron chi connectivity index (χ1n) is 7.71. The molecule has 0 bridgehead atoms. The van der Waals surface area contributed by atoms with E-state index in [4.69, 9.17) is 0 Å². The van der Waals surface area contributed by atoms with Crippen LogP contribution in [0.25, 0.3) is 0 Å². The van der Waals surface area contributed by atoms with Crippen molar-refractivity contribution in [3.05, 3.63) is 17.5 Å². The summed E-state index contributed by atoms with van der Waals surface area (Å²) in [6, 6.07) is 0. The van der Waals surface area contributed by atoms with Crippen LogP contribution in [-0.4, -0.2) is 29.4 Å². The van der Waals surface area contributed by atoms with E-state index in [-0.39, 0.29) is 11.8 Å². The van der Waals surface area contributed by atoms with Crippen LogP contribution in [0.2, 0.25) is 0 Å². The van der Waals surface area contributed by atoms with Crippen LogP contribution in [0, 0.1) is 5.92 Å². The molecule has 6 nitrogen and oxygen atoms in total. The number of nitrogens with zero attached hydrogens (tertiary/aromatic N) is 2. The van der Waals surface area contributed by atoms with Gasteiger partial charge in [0, 0.05) is 12.7 Å². The Morgan fingerprint density at radius 3 is 2.32 bits per heavy atom. The third-order valence-corrected chi connectivity index (χ3v) is 5.20. The molecule has 0 saturated carbocycles. The lowest BCUT2D eigenvalue weighted by atomic mass is 10.1. The van der Waals surface area contributed by atoms with Crippen LogP contribution >= 0.6 is 0 Å². The number of hydrogen-bond donors (Lipinski definition) is 1. The molecule has 1 heterocycles. The Balaban J connectivity index is 3.00. The van der Waals surface area contributed by atoms with Crippen LogP contribution in [0.3, 0.4) is 0 Å². The van der Waals surface area contributed by atoms with Gasteiger partial charge in [0.15, 0.2) is 0 Å². The van der Waals surface area contributed by atoms with Gasteiger partial charge >= 0.3 is 0 Å². The quantitative estimate of drug-likeness (QED) is 0.833. The van der Waals surface area contributed by atoms with Gasteiger partial charge in [-0.05, 0) is 32.1 Å². The molecule has 1 rings (SSSR count). The van der Waals surface area contributed by atoms with Gasteiger partial charge in [0.05, 0.1) is 16.5 Å². The average Bonchev–Trinajstić information content (AvgIpc) is 2.81. The molecule has 126 valence electrons. The predicted molar refractivity (Wildman–Crippen MR) is 87.3 cm³/mol. The first kappa shape index (κ1) is 18.7. The second-order valence-corrected chi connectivity index (χ2v) is 8.45. The summed E-state index contributed by atoms with van der Waals surface area (Å²) in [5, 5.41) is 3.72. The Hall–Kier alpha value is -1.37. The average molecular weight is 329 g/mol. The molecule has 1 atom stereocenters. The summed E-state index contributed by atoms with van der Waals surface area (Å²) in [5.41, 5.74) is 0.947. The van der Waals surface area contributed by atoms with Gasteiger partial charge in [0.1, 0.15) is 0 Å². The molecule has 0 spiro atoms. The fraction of sp³-hybridized carbons (Fsp3) is 0.733. The van der Waals surface area contributed by atoms with Crippen molar-refractivity contribution in [2.24, 2.45) is 5.92 Å². The predicted octanol–water partition coefficient (Wildman–Crippen LogP) is 2.52. The maximum Gasteiger partial charge on any atom is 0.268 e. The fourth-order valence-electron chi connectivity index (χ4n) is 2.28. The van der Waals surface area contributed by atoms with Gasteiger partial charge in [-0.15, -0.1) is 0 Å². The third kappa shape index (κ3) is 4.56. The second-order valence-electron chi connectivity index (χ2n) is 6.35. The number of carbonyl (C=O) groups is 1. The highest BCUT2D eigenvalue weighted by Crippen LogP contribution is 2.19. The summed E-state index contributed by atoms with van der Waals surface area (Å²) in [4.78, 5) is 12.4. The molecule has 0 aliphatic rings. The molecule has 0 aliphatic heterocycles. The van der Waals surface area contributed by atoms with Crippen molar-refractivity contribution in [1.82, 2.24) is 14.5 Å². The summed E-state index contributed by atoms with van der Waals surface area (Å²) in [6.07, 6.45) is 2.11. The lowest BCUT2D eigenvalue weighted by Gasteiger charge is -2.15. The van der Waals surface area contributed by atoms with Gasteiger partial charge < -0.3 is 0 Å². The van der Waals surface area contributed by atoms with Crippen molar-refractivity contribution >= 4 is 15.9 Å². The SMILES string of the molecule is CCn1cc(C(=O)NS(=O)(=O)C(C)CC(C)C)c(C(C)C)n1. The van der Waals surface area contributed by atoms with E-state index in [1.165, 1.54) is 0 Å². The number of nitrogens with one attached hydrogen (secondary N) is 1. The highest BCUT2D eigenvalue weighted by Gasteiger charge is 2.27. The molecule has 7 heteroatoms. The van der Waals surface area contributed by atoms with E-state index in [0.717, 1.165) is 0 Å². The van der Waals surface area contributed by atoms with E-state index in [2.05, 4.69) is 9.82 Å². The van der Waals surface area contributed by atoms with Crippen LogP contribution in [0.1, 0.15) is 69.9 Å². The van der Waals surface area contributed by atoms with Gasteiger partial charge in [0.25, 0.3) is 5.91 Å². The van der Waals surface area contributed by atoms with Crippen LogP contribution in [-0.2, 0) is 16.6 Å². The normalized spacial score (nSPS) is 13.6. The molecule has 0 fully saturated rings. The molecule has 0 aliphatic carbocycles. The zero-order valence-electron chi connectivity index (χ0n) is 14.3. The van der Waals surface area contributed by atoms with Gasteiger partial charge in [-0.3, -0.25) is 9.48 Å². The molecule has 22 heavy (non-hydrogen) atoms. The number of rotatable bonds is 7. The lowest BCUT2D eigenvalue weighted by molar-refractivity contribution is 0.0979. The molecule has 0 saturated heterocycles. The summed E-state index contributed by atoms with van der Waals surface area (Å²) in [5.74, 6) is -0.306. The monoisotopic (exact) mass is 329 g/mol. The summed E-state index contributed by atoms with van der Waals surface area (Å²) >= 11 is 0. The minimum absolute atomic E-state index is 0.0457. The van der Waals surface area contributed by atoms with Crippen molar-refractivity contribution in [1.29, 1.82) is 0 Å². The zero-order chi connectivity index (χ0) is 17.1. The fourth-order valence-corrected chi connectivity index (χ4v) is 3.48. The van der Waals surface area contributed by atoms with Gasteiger partial charge in [0.2, 0.25) is 10.0 Å². The number of aromatic nitrogens is 2. The Morgan fingerprint density at radius 2 is 1.86 bits per heavy atom. The van der Waals surface area contributed by atoms with Crippen LogP contribution in [0.4, 0.5) is 0 Å². The minimum atomic E-state index is -3.68. The first-order valence-corrected chi connectivity index (χ1v) is 9.26. The maximum atomic E-state index is 12.4. The summed E-state index contributed by atoms with van der Waals surface area (Å²) in [6.45, 7) is 11.9.